The third kappa shape index (κ3) is 5.04. The van der Waals surface area contributed by atoms with Gasteiger partial charge in [0.25, 0.3) is 0 Å². The third-order valence-electron chi connectivity index (χ3n) is 5.70. The van der Waals surface area contributed by atoms with Crippen LogP contribution in [-0.2, 0) is 4.74 Å². The molecule has 2 aromatic carbocycles. The summed E-state index contributed by atoms with van der Waals surface area (Å²) in [4.78, 5) is 6.86. The molecule has 0 aliphatic carbocycles. The van der Waals surface area contributed by atoms with E-state index in [0.717, 1.165) is 44.4 Å². The Morgan fingerprint density at radius 3 is 2.66 bits per heavy atom. The van der Waals surface area contributed by atoms with E-state index in [4.69, 9.17) is 9.47 Å². The van der Waals surface area contributed by atoms with Crippen molar-refractivity contribution in [2.45, 2.75) is 25.4 Å². The number of hydrogen-bond donors (Lipinski definition) is 1. The van der Waals surface area contributed by atoms with Gasteiger partial charge < -0.3 is 19.7 Å². The highest BCUT2D eigenvalue weighted by Gasteiger charge is 2.26. The standard InChI is InChI=1S/C23H29N3O2.HI/c1-17-7-3-4-8-19(17)22-16-26(12-14-28-22)23(24-2)25-15-18-11-13-27-21-10-6-5-9-20(18)21;/h3-10,18,22H,11-16H2,1-2H3,(H,24,25);1H. The molecule has 2 aliphatic heterocycles. The minimum Gasteiger partial charge on any atom is -0.493 e. The van der Waals surface area contributed by atoms with Crippen LogP contribution in [0.2, 0.25) is 0 Å². The number of aryl methyl sites for hydroxylation is 1. The summed E-state index contributed by atoms with van der Waals surface area (Å²) in [6.45, 7) is 6.16. The molecule has 1 N–H and O–H groups in total. The largest absolute Gasteiger partial charge is 0.493 e. The summed E-state index contributed by atoms with van der Waals surface area (Å²) in [5.74, 6) is 2.40. The average molecular weight is 507 g/mol. The van der Waals surface area contributed by atoms with Gasteiger partial charge in [0, 0.05) is 26.1 Å². The maximum atomic E-state index is 6.07. The number of hydrogen-bond acceptors (Lipinski definition) is 3. The molecule has 6 heteroatoms. The van der Waals surface area contributed by atoms with Crippen LogP contribution < -0.4 is 10.1 Å². The van der Waals surface area contributed by atoms with E-state index in [1.807, 2.05) is 13.1 Å². The Kier molecular flexibility index (Phi) is 7.77. The number of guanidine groups is 1. The molecule has 2 atom stereocenters. The van der Waals surface area contributed by atoms with Gasteiger partial charge >= 0.3 is 0 Å². The van der Waals surface area contributed by atoms with Gasteiger partial charge in [0.05, 0.1) is 19.8 Å². The Bertz CT molecular complexity index is 842. The maximum Gasteiger partial charge on any atom is 0.193 e. The van der Waals surface area contributed by atoms with E-state index < -0.39 is 0 Å². The highest BCUT2D eigenvalue weighted by Crippen LogP contribution is 2.33. The van der Waals surface area contributed by atoms with Gasteiger partial charge in [-0.05, 0) is 36.1 Å². The van der Waals surface area contributed by atoms with E-state index in [-0.39, 0.29) is 30.1 Å². The van der Waals surface area contributed by atoms with Crippen LogP contribution in [0.3, 0.4) is 0 Å². The lowest BCUT2D eigenvalue weighted by molar-refractivity contribution is -0.00834. The van der Waals surface area contributed by atoms with E-state index in [0.29, 0.717) is 12.5 Å². The zero-order chi connectivity index (χ0) is 19.3. The molecule has 5 nitrogen and oxygen atoms in total. The highest BCUT2D eigenvalue weighted by atomic mass is 127. The van der Waals surface area contributed by atoms with E-state index in [2.05, 4.69) is 64.6 Å². The van der Waals surface area contributed by atoms with Gasteiger partial charge in [-0.3, -0.25) is 4.99 Å². The summed E-state index contributed by atoms with van der Waals surface area (Å²) in [6, 6.07) is 16.8. The monoisotopic (exact) mass is 507 g/mol. The van der Waals surface area contributed by atoms with Gasteiger partial charge in [0.2, 0.25) is 0 Å². The SMILES string of the molecule is CN=C(NCC1CCOc2ccccc21)N1CCOC(c2ccccc2C)C1.I. The second kappa shape index (κ2) is 10.3. The van der Waals surface area contributed by atoms with E-state index in [9.17, 15) is 0 Å². The topological polar surface area (TPSA) is 46.1 Å². The molecule has 1 saturated heterocycles. The summed E-state index contributed by atoms with van der Waals surface area (Å²) in [6.07, 6.45) is 1.10. The van der Waals surface area contributed by atoms with Crippen LogP contribution in [0.25, 0.3) is 0 Å². The molecule has 1 fully saturated rings. The number of halogens is 1. The lowest BCUT2D eigenvalue weighted by Gasteiger charge is -2.36. The summed E-state index contributed by atoms with van der Waals surface area (Å²) >= 11 is 0. The molecule has 29 heavy (non-hydrogen) atoms. The normalized spacial score (nSPS) is 21.6. The number of nitrogens with one attached hydrogen (secondary N) is 1. The van der Waals surface area contributed by atoms with Crippen molar-refractivity contribution in [3.63, 3.8) is 0 Å². The first kappa shape index (κ1) is 21.9. The smallest absolute Gasteiger partial charge is 0.193 e. The number of fused-ring (bicyclic) bond motifs is 1. The zero-order valence-corrected chi connectivity index (χ0v) is 19.5. The summed E-state index contributed by atoms with van der Waals surface area (Å²) in [7, 11) is 1.86. The van der Waals surface area contributed by atoms with Crippen molar-refractivity contribution >= 4 is 29.9 Å². The molecule has 2 heterocycles. The molecule has 0 aromatic heterocycles. The second-order valence-electron chi connectivity index (χ2n) is 7.46. The van der Waals surface area contributed by atoms with Gasteiger partial charge in [-0.25, -0.2) is 0 Å². The van der Waals surface area contributed by atoms with Gasteiger partial charge in [-0.2, -0.15) is 0 Å². The summed E-state index contributed by atoms with van der Waals surface area (Å²) in [5.41, 5.74) is 3.83. The first-order valence-corrected chi connectivity index (χ1v) is 10.1. The third-order valence-corrected chi connectivity index (χ3v) is 5.70. The minimum atomic E-state index is 0. The van der Waals surface area contributed by atoms with Gasteiger partial charge in [-0.1, -0.05) is 42.5 Å². The number of ether oxygens (including phenoxy) is 2. The Morgan fingerprint density at radius 2 is 1.86 bits per heavy atom. The quantitative estimate of drug-likeness (QED) is 0.386. The first-order valence-electron chi connectivity index (χ1n) is 10.1. The fourth-order valence-electron chi connectivity index (χ4n) is 4.15. The minimum absolute atomic E-state index is 0. The average Bonchev–Trinajstić information content (AvgIpc) is 2.75. The van der Waals surface area contributed by atoms with E-state index in [1.54, 1.807) is 0 Å². The molecular formula is C23H30IN3O2. The molecule has 0 saturated carbocycles. The zero-order valence-electron chi connectivity index (χ0n) is 17.1. The molecule has 0 bridgehead atoms. The molecule has 0 amide bonds. The van der Waals surface area contributed by atoms with E-state index in [1.165, 1.54) is 16.7 Å². The predicted molar refractivity (Wildman–Crippen MR) is 128 cm³/mol. The second-order valence-corrected chi connectivity index (χ2v) is 7.46. The Labute approximate surface area is 190 Å². The van der Waals surface area contributed by atoms with Crippen LogP contribution in [0, 0.1) is 6.92 Å². The molecule has 2 aromatic rings. The van der Waals surface area contributed by atoms with Crippen LogP contribution in [0.5, 0.6) is 5.75 Å². The predicted octanol–water partition coefficient (Wildman–Crippen LogP) is 4.13. The summed E-state index contributed by atoms with van der Waals surface area (Å²) in [5, 5.41) is 3.60. The number of benzene rings is 2. The number of aliphatic imine (C=N–C) groups is 1. The molecule has 2 unspecified atom stereocenters. The van der Waals surface area contributed by atoms with Crippen molar-refractivity contribution in [2.24, 2.45) is 4.99 Å². The van der Waals surface area contributed by atoms with Crippen molar-refractivity contribution < 1.29 is 9.47 Å². The number of nitrogens with zero attached hydrogens (tertiary/aromatic N) is 2. The molecular weight excluding hydrogens is 477 g/mol. The fraction of sp³-hybridized carbons (Fsp3) is 0.435. The summed E-state index contributed by atoms with van der Waals surface area (Å²) < 4.78 is 11.9. The van der Waals surface area contributed by atoms with E-state index >= 15 is 0 Å². The van der Waals surface area contributed by atoms with Crippen molar-refractivity contribution in [1.29, 1.82) is 0 Å². The van der Waals surface area contributed by atoms with Crippen LogP contribution in [-0.4, -0.2) is 50.8 Å². The lowest BCUT2D eigenvalue weighted by Crippen LogP contribution is -2.49. The molecule has 4 rings (SSSR count). The number of morpholine rings is 1. The van der Waals surface area contributed by atoms with Gasteiger partial charge in [-0.15, -0.1) is 24.0 Å². The Morgan fingerprint density at radius 1 is 1.10 bits per heavy atom. The first-order chi connectivity index (χ1) is 13.8. The van der Waals surface area contributed by atoms with Crippen molar-refractivity contribution in [3.05, 3.63) is 65.2 Å². The molecule has 0 spiro atoms. The van der Waals surface area contributed by atoms with Crippen molar-refractivity contribution in [3.8, 4) is 5.75 Å². The lowest BCUT2D eigenvalue weighted by atomic mass is 9.93. The fourth-order valence-corrected chi connectivity index (χ4v) is 4.15. The van der Waals surface area contributed by atoms with Crippen LogP contribution in [0.15, 0.2) is 53.5 Å². The highest BCUT2D eigenvalue weighted by molar-refractivity contribution is 14.0. The Hall–Kier alpha value is -1.80. The molecule has 2 aliphatic rings. The van der Waals surface area contributed by atoms with Gasteiger partial charge in [0.15, 0.2) is 5.96 Å². The maximum absolute atomic E-state index is 6.07. The van der Waals surface area contributed by atoms with Gasteiger partial charge in [0.1, 0.15) is 11.9 Å². The van der Waals surface area contributed by atoms with Crippen LogP contribution >= 0.6 is 24.0 Å². The van der Waals surface area contributed by atoms with Crippen molar-refractivity contribution in [1.82, 2.24) is 10.2 Å². The number of rotatable bonds is 3. The van der Waals surface area contributed by atoms with Crippen LogP contribution in [0.4, 0.5) is 0 Å². The van der Waals surface area contributed by atoms with Crippen molar-refractivity contribution in [2.75, 3.05) is 39.9 Å². The molecule has 156 valence electrons. The molecule has 0 radical (unpaired) electrons. The number of para-hydroxylation sites is 1. The Balaban J connectivity index is 0.00000240. The van der Waals surface area contributed by atoms with Crippen LogP contribution in [0.1, 0.15) is 35.1 Å².